The van der Waals surface area contributed by atoms with Crippen LogP contribution in [0, 0.1) is 0 Å². The molecule has 0 atom stereocenters. The summed E-state index contributed by atoms with van der Waals surface area (Å²) in [4.78, 5) is 2.19. The highest BCUT2D eigenvalue weighted by molar-refractivity contribution is 4.75. The Kier molecular flexibility index (Phi) is 3.80. The second-order valence-electron chi connectivity index (χ2n) is 3.09. The highest BCUT2D eigenvalue weighted by Gasteiger charge is 2.16. The number of hydrogen-bond acceptors (Lipinski definition) is 2. The molecule has 1 heterocycles. The van der Waals surface area contributed by atoms with E-state index in [1.165, 1.54) is 0 Å². The Labute approximate surface area is 67.8 Å². The number of likely N-dealkylation sites (tertiary alicyclic amines) is 1. The molecule has 3 heteroatoms. The van der Waals surface area contributed by atoms with Crippen LogP contribution in [-0.4, -0.2) is 44.3 Å². The molecule has 1 aliphatic heterocycles. The lowest BCUT2D eigenvalue weighted by Gasteiger charge is -2.30. The fraction of sp³-hybridized carbons (Fsp3) is 1.00. The van der Waals surface area contributed by atoms with Crippen molar-refractivity contribution in [2.24, 2.45) is 0 Å². The Morgan fingerprint density at radius 3 is 2.55 bits per heavy atom. The van der Waals surface area contributed by atoms with Gasteiger partial charge in [0, 0.05) is 12.6 Å². The maximum absolute atomic E-state index is 11.9. The van der Waals surface area contributed by atoms with Gasteiger partial charge in [0.1, 0.15) is 6.67 Å². The zero-order valence-electron chi connectivity index (χ0n) is 7.15. The van der Waals surface area contributed by atoms with Crippen molar-refractivity contribution in [2.75, 3.05) is 33.4 Å². The van der Waals surface area contributed by atoms with Crippen molar-refractivity contribution in [1.29, 1.82) is 0 Å². The molecule has 0 spiro atoms. The Bertz CT molecular complexity index is 100. The summed E-state index contributed by atoms with van der Waals surface area (Å²) in [5.74, 6) is 0. The van der Waals surface area contributed by atoms with Gasteiger partial charge in [-0.2, -0.15) is 0 Å². The second-order valence-corrected chi connectivity index (χ2v) is 3.09. The normalized spacial score (nSPS) is 22.4. The number of halogens is 1. The van der Waals surface area contributed by atoms with Gasteiger partial charge in [-0.15, -0.1) is 0 Å². The third-order valence-electron chi connectivity index (χ3n) is 2.40. The minimum atomic E-state index is -0.204. The van der Waals surface area contributed by atoms with Crippen LogP contribution in [0.25, 0.3) is 0 Å². The van der Waals surface area contributed by atoms with Gasteiger partial charge in [0.2, 0.25) is 0 Å². The smallest absolute Gasteiger partial charge is 0.102 e. The lowest BCUT2D eigenvalue weighted by atomic mass is 10.1. The van der Waals surface area contributed by atoms with Crippen molar-refractivity contribution in [3.8, 4) is 0 Å². The molecule has 0 aromatic heterocycles. The largest absolute Gasteiger partial charge is 0.317 e. The number of hydrogen-bond donors (Lipinski definition) is 1. The molecule has 0 saturated carbocycles. The highest BCUT2D eigenvalue weighted by Crippen LogP contribution is 2.08. The molecule has 1 rings (SSSR count). The molecular formula is C8H17FN2. The van der Waals surface area contributed by atoms with Gasteiger partial charge in [-0.1, -0.05) is 0 Å². The van der Waals surface area contributed by atoms with E-state index < -0.39 is 0 Å². The third-order valence-corrected chi connectivity index (χ3v) is 2.40. The molecule has 0 bridgehead atoms. The summed E-state index contributed by atoms with van der Waals surface area (Å²) in [5, 5.41) is 3.25. The van der Waals surface area contributed by atoms with Gasteiger partial charge in [-0.25, -0.2) is 4.39 Å². The molecule has 0 aromatic carbocycles. The summed E-state index contributed by atoms with van der Waals surface area (Å²) in [6.07, 6.45) is 2.33. The van der Waals surface area contributed by atoms with E-state index in [0.29, 0.717) is 12.6 Å². The van der Waals surface area contributed by atoms with Crippen LogP contribution in [0.3, 0.4) is 0 Å². The first-order valence-corrected chi connectivity index (χ1v) is 4.32. The molecule has 0 unspecified atom stereocenters. The van der Waals surface area contributed by atoms with Gasteiger partial charge < -0.3 is 10.2 Å². The van der Waals surface area contributed by atoms with Crippen LogP contribution in [0.1, 0.15) is 12.8 Å². The van der Waals surface area contributed by atoms with Crippen LogP contribution in [0.15, 0.2) is 0 Å². The van der Waals surface area contributed by atoms with Gasteiger partial charge in [0.05, 0.1) is 0 Å². The van der Waals surface area contributed by atoms with Crippen LogP contribution in [0.5, 0.6) is 0 Å². The molecule has 11 heavy (non-hydrogen) atoms. The quantitative estimate of drug-likeness (QED) is 0.651. The van der Waals surface area contributed by atoms with Crippen molar-refractivity contribution >= 4 is 0 Å². The number of piperidine rings is 1. The van der Waals surface area contributed by atoms with Crippen LogP contribution < -0.4 is 5.32 Å². The summed E-state index contributed by atoms with van der Waals surface area (Å²) < 4.78 is 11.9. The molecule has 1 aliphatic rings. The predicted molar refractivity (Wildman–Crippen MR) is 44.5 cm³/mol. The van der Waals surface area contributed by atoms with Crippen molar-refractivity contribution in [3.05, 3.63) is 0 Å². The standard InChI is InChI=1S/C8H17FN2/c1-10-8-2-5-11(6-3-8)7-4-9/h8,10H,2-7H2,1H3. The van der Waals surface area contributed by atoms with E-state index >= 15 is 0 Å². The summed E-state index contributed by atoms with van der Waals surface area (Å²) in [6, 6.07) is 0.658. The Morgan fingerprint density at radius 2 is 2.09 bits per heavy atom. The Balaban J connectivity index is 2.14. The maximum atomic E-state index is 11.9. The Hall–Kier alpha value is -0.150. The van der Waals surface area contributed by atoms with E-state index in [2.05, 4.69) is 10.2 Å². The number of alkyl halides is 1. The van der Waals surface area contributed by atoms with E-state index in [1.807, 2.05) is 7.05 Å². The van der Waals surface area contributed by atoms with Crippen LogP contribution >= 0.6 is 0 Å². The van der Waals surface area contributed by atoms with E-state index in [1.54, 1.807) is 0 Å². The molecule has 0 radical (unpaired) electrons. The van der Waals surface area contributed by atoms with E-state index in [-0.39, 0.29) is 6.67 Å². The monoisotopic (exact) mass is 160 g/mol. The average Bonchev–Trinajstić information content (AvgIpc) is 2.07. The molecule has 1 fully saturated rings. The van der Waals surface area contributed by atoms with Gasteiger partial charge in [0.25, 0.3) is 0 Å². The van der Waals surface area contributed by atoms with Crippen LogP contribution in [-0.2, 0) is 0 Å². The minimum Gasteiger partial charge on any atom is -0.317 e. The van der Waals surface area contributed by atoms with Crippen molar-refractivity contribution < 1.29 is 4.39 Å². The molecular weight excluding hydrogens is 143 g/mol. The molecule has 66 valence electrons. The second kappa shape index (κ2) is 4.67. The number of rotatable bonds is 3. The maximum Gasteiger partial charge on any atom is 0.102 e. The summed E-state index contributed by atoms with van der Waals surface area (Å²) in [7, 11) is 2.00. The highest BCUT2D eigenvalue weighted by atomic mass is 19.1. The van der Waals surface area contributed by atoms with Gasteiger partial charge in [-0.05, 0) is 33.0 Å². The van der Waals surface area contributed by atoms with Crippen LogP contribution in [0.4, 0.5) is 4.39 Å². The van der Waals surface area contributed by atoms with Crippen molar-refractivity contribution in [2.45, 2.75) is 18.9 Å². The lowest BCUT2D eigenvalue weighted by molar-refractivity contribution is 0.188. The lowest BCUT2D eigenvalue weighted by Crippen LogP contribution is -2.41. The van der Waals surface area contributed by atoms with Crippen molar-refractivity contribution in [3.63, 3.8) is 0 Å². The van der Waals surface area contributed by atoms with Gasteiger partial charge >= 0.3 is 0 Å². The van der Waals surface area contributed by atoms with E-state index in [4.69, 9.17) is 0 Å². The molecule has 0 aromatic rings. The van der Waals surface area contributed by atoms with E-state index in [9.17, 15) is 4.39 Å². The number of nitrogens with one attached hydrogen (secondary N) is 1. The molecule has 2 nitrogen and oxygen atoms in total. The minimum absolute atomic E-state index is 0.204. The summed E-state index contributed by atoms with van der Waals surface area (Å²) >= 11 is 0. The van der Waals surface area contributed by atoms with Gasteiger partial charge in [0.15, 0.2) is 0 Å². The molecule has 1 N–H and O–H groups in total. The molecule has 0 amide bonds. The SMILES string of the molecule is CNC1CCN(CCF)CC1. The first-order chi connectivity index (χ1) is 5.36. The van der Waals surface area contributed by atoms with Crippen molar-refractivity contribution in [1.82, 2.24) is 10.2 Å². The molecule has 1 saturated heterocycles. The van der Waals surface area contributed by atoms with Gasteiger partial charge in [-0.3, -0.25) is 0 Å². The zero-order chi connectivity index (χ0) is 8.10. The first kappa shape index (κ1) is 8.94. The molecule has 0 aliphatic carbocycles. The summed E-state index contributed by atoms with van der Waals surface area (Å²) in [5.41, 5.74) is 0. The van der Waals surface area contributed by atoms with Crippen LogP contribution in [0.2, 0.25) is 0 Å². The zero-order valence-corrected chi connectivity index (χ0v) is 7.15. The fourth-order valence-electron chi connectivity index (χ4n) is 1.56. The Morgan fingerprint density at radius 1 is 1.45 bits per heavy atom. The predicted octanol–water partition coefficient (Wildman–Crippen LogP) is 0.640. The van der Waals surface area contributed by atoms with E-state index in [0.717, 1.165) is 25.9 Å². The third kappa shape index (κ3) is 2.75. The summed E-state index contributed by atoms with van der Waals surface area (Å²) in [6.45, 7) is 2.52. The first-order valence-electron chi connectivity index (χ1n) is 4.32. The average molecular weight is 160 g/mol. The topological polar surface area (TPSA) is 15.3 Å². The fourth-order valence-corrected chi connectivity index (χ4v) is 1.56. The number of nitrogens with zero attached hydrogens (tertiary/aromatic N) is 1.